The average molecular weight is 317 g/mol. The number of hydrogen-bond donors (Lipinski definition) is 2. The van der Waals surface area contributed by atoms with E-state index in [1.54, 1.807) is 0 Å². The molecule has 0 spiro atoms. The van der Waals surface area contributed by atoms with E-state index in [2.05, 4.69) is 58.8 Å². The molecule has 0 amide bonds. The Bertz CT molecular complexity index is 917. The van der Waals surface area contributed by atoms with E-state index in [9.17, 15) is 0 Å². The van der Waals surface area contributed by atoms with E-state index < -0.39 is 0 Å². The number of H-pyrrole nitrogens is 1. The maximum absolute atomic E-state index is 5.83. The van der Waals surface area contributed by atoms with Gasteiger partial charge in [-0.3, -0.25) is 5.10 Å². The Balaban J connectivity index is 1.45. The fourth-order valence-electron chi connectivity index (χ4n) is 2.86. The summed E-state index contributed by atoms with van der Waals surface area (Å²) < 4.78 is 5.83. The van der Waals surface area contributed by atoms with Crippen molar-refractivity contribution in [1.82, 2.24) is 15.5 Å². The highest BCUT2D eigenvalue weighted by molar-refractivity contribution is 5.77. The Hall–Kier alpha value is -2.85. The SMILES string of the molecule is Cc1ccc(-c2[nH]ncc2CNCc2cc3ccccc3o2)cc1. The molecular formula is C20H19N3O. The third kappa shape index (κ3) is 2.96. The lowest BCUT2D eigenvalue weighted by molar-refractivity contribution is 0.514. The van der Waals surface area contributed by atoms with Crippen molar-refractivity contribution in [3.05, 3.63) is 77.7 Å². The molecule has 2 heterocycles. The van der Waals surface area contributed by atoms with Crippen molar-refractivity contribution in [3.8, 4) is 11.3 Å². The zero-order valence-electron chi connectivity index (χ0n) is 13.5. The number of rotatable bonds is 5. The lowest BCUT2D eigenvalue weighted by Crippen LogP contribution is -2.12. The number of furan rings is 1. The lowest BCUT2D eigenvalue weighted by Gasteiger charge is -2.05. The zero-order chi connectivity index (χ0) is 16.4. The van der Waals surface area contributed by atoms with Crippen LogP contribution in [0.15, 0.2) is 65.2 Å². The second-order valence-corrected chi connectivity index (χ2v) is 5.99. The van der Waals surface area contributed by atoms with Gasteiger partial charge in [-0.05, 0) is 24.6 Å². The largest absolute Gasteiger partial charge is 0.460 e. The summed E-state index contributed by atoms with van der Waals surface area (Å²) in [6, 6.07) is 18.6. The molecule has 0 aliphatic rings. The Labute approximate surface area is 140 Å². The molecular weight excluding hydrogens is 298 g/mol. The highest BCUT2D eigenvalue weighted by Gasteiger charge is 2.08. The third-order valence-electron chi connectivity index (χ3n) is 4.15. The number of hydrogen-bond acceptors (Lipinski definition) is 3. The van der Waals surface area contributed by atoms with Crippen LogP contribution < -0.4 is 5.32 Å². The molecule has 4 heteroatoms. The van der Waals surface area contributed by atoms with E-state index in [0.717, 1.165) is 40.1 Å². The van der Waals surface area contributed by atoms with Crippen molar-refractivity contribution in [3.63, 3.8) is 0 Å². The van der Waals surface area contributed by atoms with Gasteiger partial charge < -0.3 is 9.73 Å². The van der Waals surface area contributed by atoms with Gasteiger partial charge in [-0.15, -0.1) is 0 Å². The molecule has 24 heavy (non-hydrogen) atoms. The average Bonchev–Trinajstić information content (AvgIpc) is 3.22. The second kappa shape index (κ2) is 6.34. The maximum Gasteiger partial charge on any atom is 0.134 e. The van der Waals surface area contributed by atoms with Gasteiger partial charge >= 0.3 is 0 Å². The van der Waals surface area contributed by atoms with Crippen LogP contribution in [-0.4, -0.2) is 10.2 Å². The van der Waals surface area contributed by atoms with Crippen molar-refractivity contribution in [2.75, 3.05) is 0 Å². The summed E-state index contributed by atoms with van der Waals surface area (Å²) in [7, 11) is 0. The van der Waals surface area contributed by atoms with E-state index in [1.165, 1.54) is 5.56 Å². The van der Waals surface area contributed by atoms with Crippen LogP contribution in [0.4, 0.5) is 0 Å². The third-order valence-corrected chi connectivity index (χ3v) is 4.15. The number of para-hydroxylation sites is 1. The minimum absolute atomic E-state index is 0.688. The Kier molecular flexibility index (Phi) is 3.89. The zero-order valence-corrected chi connectivity index (χ0v) is 13.5. The summed E-state index contributed by atoms with van der Waals surface area (Å²) in [5.74, 6) is 0.941. The molecule has 0 radical (unpaired) electrons. The fourth-order valence-corrected chi connectivity index (χ4v) is 2.86. The van der Waals surface area contributed by atoms with E-state index in [4.69, 9.17) is 4.42 Å². The van der Waals surface area contributed by atoms with Gasteiger partial charge in [0.15, 0.2) is 0 Å². The summed E-state index contributed by atoms with van der Waals surface area (Å²) >= 11 is 0. The summed E-state index contributed by atoms with van der Waals surface area (Å²) in [4.78, 5) is 0. The first kappa shape index (κ1) is 14.7. The van der Waals surface area contributed by atoms with Crippen molar-refractivity contribution in [2.24, 2.45) is 0 Å². The highest BCUT2D eigenvalue weighted by atomic mass is 16.3. The molecule has 0 unspecified atom stereocenters. The van der Waals surface area contributed by atoms with E-state index in [0.29, 0.717) is 6.54 Å². The standard InChI is InChI=1S/C20H19N3O/c1-14-6-8-15(9-7-14)20-17(12-22-23-20)11-21-13-18-10-16-4-2-3-5-19(16)24-18/h2-10,12,21H,11,13H2,1H3,(H,22,23). The summed E-state index contributed by atoms with van der Waals surface area (Å²) in [6.45, 7) is 3.51. The number of aromatic nitrogens is 2. The molecule has 0 atom stereocenters. The van der Waals surface area contributed by atoms with Gasteiger partial charge in [0.25, 0.3) is 0 Å². The molecule has 2 N–H and O–H groups in total. The first-order valence-electron chi connectivity index (χ1n) is 8.07. The molecule has 0 saturated carbocycles. The van der Waals surface area contributed by atoms with Gasteiger partial charge in [-0.1, -0.05) is 48.0 Å². The molecule has 4 rings (SSSR count). The monoisotopic (exact) mass is 317 g/mol. The topological polar surface area (TPSA) is 53.9 Å². The Morgan fingerprint density at radius 2 is 1.88 bits per heavy atom. The quantitative estimate of drug-likeness (QED) is 0.573. The molecule has 4 aromatic rings. The smallest absolute Gasteiger partial charge is 0.134 e. The number of nitrogens with zero attached hydrogens (tertiary/aromatic N) is 1. The van der Waals surface area contributed by atoms with E-state index in [1.807, 2.05) is 24.4 Å². The van der Waals surface area contributed by atoms with Crippen LogP contribution in [0.25, 0.3) is 22.2 Å². The van der Waals surface area contributed by atoms with Crippen LogP contribution in [0.2, 0.25) is 0 Å². The molecule has 120 valence electrons. The predicted octanol–water partition coefficient (Wildman–Crippen LogP) is 4.42. The van der Waals surface area contributed by atoms with Gasteiger partial charge in [0.05, 0.1) is 18.4 Å². The molecule has 0 saturated heterocycles. The minimum Gasteiger partial charge on any atom is -0.460 e. The lowest BCUT2D eigenvalue weighted by atomic mass is 10.1. The second-order valence-electron chi connectivity index (χ2n) is 5.99. The van der Waals surface area contributed by atoms with Crippen molar-refractivity contribution >= 4 is 11.0 Å². The van der Waals surface area contributed by atoms with E-state index >= 15 is 0 Å². The molecule has 0 aliphatic carbocycles. The number of aromatic amines is 1. The molecule has 4 nitrogen and oxygen atoms in total. The van der Waals surface area contributed by atoms with Crippen LogP contribution in [0.3, 0.4) is 0 Å². The summed E-state index contributed by atoms with van der Waals surface area (Å²) in [5.41, 5.74) is 5.54. The Morgan fingerprint density at radius 1 is 1.04 bits per heavy atom. The van der Waals surface area contributed by atoms with Crippen LogP contribution in [0.1, 0.15) is 16.9 Å². The van der Waals surface area contributed by atoms with Gasteiger partial charge in [0.2, 0.25) is 0 Å². The van der Waals surface area contributed by atoms with Gasteiger partial charge in [-0.2, -0.15) is 5.10 Å². The molecule has 0 fully saturated rings. The van der Waals surface area contributed by atoms with Crippen LogP contribution in [0, 0.1) is 6.92 Å². The number of benzene rings is 2. The number of aryl methyl sites for hydroxylation is 1. The van der Waals surface area contributed by atoms with Crippen molar-refractivity contribution < 1.29 is 4.42 Å². The Morgan fingerprint density at radius 3 is 2.71 bits per heavy atom. The highest BCUT2D eigenvalue weighted by Crippen LogP contribution is 2.22. The van der Waals surface area contributed by atoms with Crippen LogP contribution >= 0.6 is 0 Å². The normalized spacial score (nSPS) is 11.2. The van der Waals surface area contributed by atoms with Gasteiger partial charge in [0, 0.05) is 17.5 Å². The first-order valence-corrected chi connectivity index (χ1v) is 8.07. The van der Waals surface area contributed by atoms with Crippen LogP contribution in [0.5, 0.6) is 0 Å². The summed E-state index contributed by atoms with van der Waals surface area (Å²) in [6.07, 6.45) is 1.88. The minimum atomic E-state index is 0.688. The number of fused-ring (bicyclic) bond motifs is 1. The number of nitrogens with one attached hydrogen (secondary N) is 2. The van der Waals surface area contributed by atoms with Gasteiger partial charge in [0.1, 0.15) is 11.3 Å². The predicted molar refractivity (Wildman–Crippen MR) is 95.5 cm³/mol. The van der Waals surface area contributed by atoms with E-state index in [-0.39, 0.29) is 0 Å². The maximum atomic E-state index is 5.83. The van der Waals surface area contributed by atoms with Crippen molar-refractivity contribution in [2.45, 2.75) is 20.0 Å². The molecule has 0 aliphatic heterocycles. The molecule has 2 aromatic carbocycles. The fraction of sp³-hybridized carbons (Fsp3) is 0.150. The van der Waals surface area contributed by atoms with Crippen molar-refractivity contribution in [1.29, 1.82) is 0 Å². The molecule has 2 aromatic heterocycles. The van der Waals surface area contributed by atoms with Crippen LogP contribution in [-0.2, 0) is 13.1 Å². The summed E-state index contributed by atoms with van der Waals surface area (Å²) in [5, 5.41) is 11.9. The van der Waals surface area contributed by atoms with Gasteiger partial charge in [-0.25, -0.2) is 0 Å². The first-order chi connectivity index (χ1) is 11.8. The molecule has 0 bridgehead atoms.